The van der Waals surface area contributed by atoms with Crippen LogP contribution in [0.15, 0.2) is 60.7 Å². The highest BCUT2D eigenvalue weighted by Gasteiger charge is 2.40. The quantitative estimate of drug-likeness (QED) is 0.0242. The average molecular weight is 1170 g/mol. The Morgan fingerprint density at radius 1 is 0.524 bits per heavy atom. The van der Waals surface area contributed by atoms with Crippen LogP contribution in [0, 0.1) is 0 Å². The Morgan fingerprint density at radius 3 is 1.29 bits per heavy atom. The number of carbonyl (C=O) groups excluding carboxylic acids is 8. The smallest absolute Gasteiger partial charge is 0.256 e. The first-order valence-electron chi connectivity index (χ1n) is 29.0. The van der Waals surface area contributed by atoms with Gasteiger partial charge >= 0.3 is 0 Å². The number of nitrogens with two attached hydrogens (primary N) is 4. The molecule has 2 saturated heterocycles. The molecule has 2 aromatic heterocycles. The van der Waals surface area contributed by atoms with Crippen LogP contribution < -0.4 is 54.8 Å². The number of nitrogens with zero attached hydrogens (tertiary/aromatic N) is 4. The van der Waals surface area contributed by atoms with Crippen molar-refractivity contribution >= 4 is 90.7 Å². The van der Waals surface area contributed by atoms with Crippen molar-refractivity contribution in [3.05, 3.63) is 83.2 Å². The molecule has 8 amide bonds. The van der Waals surface area contributed by atoms with Gasteiger partial charge in [0, 0.05) is 48.5 Å². The number of unbranched alkanes of at least 4 members (excludes halogenated alkanes) is 2. The van der Waals surface area contributed by atoms with Gasteiger partial charge in [-0.1, -0.05) is 71.8 Å². The molecule has 22 nitrogen and oxygen atoms in total. The predicted octanol–water partition coefficient (Wildman–Crippen LogP) is 2.33. The van der Waals surface area contributed by atoms with Crippen molar-refractivity contribution in [2.75, 3.05) is 63.9 Å². The van der Waals surface area contributed by atoms with E-state index in [9.17, 15) is 38.4 Å². The zero-order valence-corrected chi connectivity index (χ0v) is 49.0. The largest absolute Gasteiger partial charge is 0.354 e. The first-order chi connectivity index (χ1) is 39.8. The maximum atomic E-state index is 14.6. The van der Waals surface area contributed by atoms with Crippen molar-refractivity contribution in [2.24, 2.45) is 22.9 Å². The van der Waals surface area contributed by atoms with Crippen molar-refractivity contribution in [3.8, 4) is 0 Å². The Hall–Kier alpha value is -6.44. The molecule has 0 bridgehead atoms. The molecular weight excluding hydrogens is 1080 g/mol. The lowest BCUT2D eigenvalue weighted by atomic mass is 10.1. The first kappa shape index (κ1) is 64.7. The number of carbonyl (C=O) groups is 8. The molecule has 4 aromatic rings. The fourth-order valence-electron chi connectivity index (χ4n) is 10.2. The average Bonchev–Trinajstić information content (AvgIpc) is 4.36. The summed E-state index contributed by atoms with van der Waals surface area (Å²) in [5, 5.41) is 18.8. The highest BCUT2D eigenvalue weighted by atomic mass is 33.1. The molecule has 6 rings (SSSR count). The van der Waals surface area contributed by atoms with Crippen LogP contribution in [0.25, 0.3) is 21.8 Å². The molecule has 2 aromatic carbocycles. The molecule has 446 valence electrons. The number of rotatable bonds is 33. The van der Waals surface area contributed by atoms with Gasteiger partial charge in [-0.25, -0.2) is 0 Å². The third-order valence-electron chi connectivity index (χ3n) is 14.7. The van der Waals surface area contributed by atoms with Gasteiger partial charge in [0.05, 0.1) is 33.5 Å². The number of amides is 8. The topological polar surface area (TPSA) is 345 Å². The third kappa shape index (κ3) is 18.0. The van der Waals surface area contributed by atoms with Gasteiger partial charge in [-0.05, 0) is 140 Å². The predicted molar refractivity (Wildman–Crippen MR) is 322 cm³/mol. The van der Waals surface area contributed by atoms with Gasteiger partial charge in [0.2, 0.25) is 35.4 Å². The highest BCUT2D eigenvalue weighted by Crippen LogP contribution is 2.29. The van der Waals surface area contributed by atoms with Crippen molar-refractivity contribution in [1.82, 2.24) is 51.7 Å². The van der Waals surface area contributed by atoms with Gasteiger partial charge in [0.25, 0.3) is 11.8 Å². The number of nitrogens with one attached hydrogen (secondary N) is 6. The van der Waals surface area contributed by atoms with E-state index in [4.69, 9.17) is 32.9 Å². The van der Waals surface area contributed by atoms with Gasteiger partial charge in [0.15, 0.2) is 0 Å². The second-order valence-electron chi connectivity index (χ2n) is 20.6. The molecule has 82 heavy (non-hydrogen) atoms. The van der Waals surface area contributed by atoms with Gasteiger partial charge < -0.3 is 64.6 Å². The lowest BCUT2D eigenvalue weighted by Gasteiger charge is -2.28. The minimum absolute atomic E-state index is 0.0835. The summed E-state index contributed by atoms with van der Waals surface area (Å²) in [6.07, 6.45) is 6.52. The van der Waals surface area contributed by atoms with E-state index < -0.39 is 71.7 Å². The maximum Gasteiger partial charge on any atom is 0.256 e. The Kier molecular flexibility index (Phi) is 26.5. The molecule has 2 aliphatic rings. The Morgan fingerprint density at radius 2 is 0.915 bits per heavy atom. The molecule has 2 fully saturated rings. The van der Waals surface area contributed by atoms with E-state index in [1.54, 1.807) is 12.1 Å². The fourth-order valence-corrected chi connectivity index (χ4v) is 12.5. The molecule has 0 unspecified atom stereocenters. The van der Waals surface area contributed by atoms with Crippen LogP contribution in [0.3, 0.4) is 0 Å². The number of pyridine rings is 2. The Labute approximate surface area is 488 Å². The lowest BCUT2D eigenvalue weighted by Crippen LogP contribution is -2.57. The van der Waals surface area contributed by atoms with E-state index in [0.717, 1.165) is 43.4 Å². The summed E-state index contributed by atoms with van der Waals surface area (Å²) in [6, 6.07) is 12.3. The van der Waals surface area contributed by atoms with Gasteiger partial charge in [-0.3, -0.25) is 48.3 Å². The summed E-state index contributed by atoms with van der Waals surface area (Å²) in [5.74, 6) is -4.15. The number of benzene rings is 2. The highest BCUT2D eigenvalue weighted by molar-refractivity contribution is 8.76. The molecule has 4 heterocycles. The van der Waals surface area contributed by atoms with Gasteiger partial charge in [0.1, 0.15) is 36.3 Å². The first-order valence-corrected chi connectivity index (χ1v) is 31.5. The normalized spacial score (nSPS) is 16.5. The monoisotopic (exact) mass is 1170 g/mol. The van der Waals surface area contributed by atoms with Crippen LogP contribution in [0.5, 0.6) is 0 Å². The molecule has 0 saturated carbocycles. The molecule has 0 aliphatic carbocycles. The maximum absolute atomic E-state index is 14.6. The summed E-state index contributed by atoms with van der Waals surface area (Å²) in [4.78, 5) is 127. The van der Waals surface area contributed by atoms with Crippen LogP contribution >= 0.6 is 21.6 Å². The van der Waals surface area contributed by atoms with Crippen LogP contribution in [-0.4, -0.2) is 167 Å². The number of aromatic nitrogens is 2. The SMILES string of the molecule is CCc1nc2ccccc2cc1C(=O)N1CCC[C@H]1C(=O)N[C@H](CSSC[C@@H](NC(=O)[C@@H]1CCCN1C(=O)c1cc2ccccc2nc1CC)C(=O)N[C@@H](CCCCN)C(=O)NCCCN)C(=O)N[C@@H](CCCCN)C(=O)NCCCN. The minimum atomic E-state index is -1.26. The number of hydrogen-bond donors (Lipinski definition) is 10. The van der Waals surface area contributed by atoms with E-state index in [1.807, 2.05) is 62.4 Å². The Balaban J connectivity index is 1.25. The molecule has 6 atom stereocenters. The molecule has 14 N–H and O–H groups in total. The summed E-state index contributed by atoms with van der Waals surface area (Å²) >= 11 is 0. The van der Waals surface area contributed by atoms with Gasteiger partial charge in [-0.2, -0.15) is 0 Å². The molecular formula is C58H84N14O8S2. The second kappa shape index (κ2) is 33.6. The summed E-state index contributed by atoms with van der Waals surface area (Å²) in [7, 11) is 2.28. The van der Waals surface area contributed by atoms with E-state index in [0.29, 0.717) is 152 Å². The zero-order valence-electron chi connectivity index (χ0n) is 47.4. The molecule has 2 aliphatic heterocycles. The standard InChI is InChI=1S/C58H84N14O8S2/c1-3-41-39(33-37-17-5-7-19-43(37)65-41)57(79)71-31-13-23-49(71)55(77)69-47(53(75)67-45(21-9-11-25-59)51(73)63-29-15-27-61)35-81-82-36-48(54(76)68-46(22-10-12-26-60)52(74)64-30-16-28-62)70-56(78)50-24-14-32-72(50)58(80)40-34-38-18-6-8-20-44(38)66-42(40)4-2/h5-8,17-20,33-34,45-50H,3-4,9-16,21-32,35-36,59-62H2,1-2H3,(H,63,73)(H,64,74)(H,67,75)(H,68,76)(H,69,77)(H,70,78)/t45-,46-,47+,48+,49-,50-/m0/s1. The number of hydrogen-bond acceptors (Lipinski definition) is 16. The third-order valence-corrected chi connectivity index (χ3v) is 17.1. The fraction of sp³-hybridized carbons (Fsp3) is 0.552. The van der Waals surface area contributed by atoms with Crippen molar-refractivity contribution < 1.29 is 38.4 Å². The molecule has 24 heteroatoms. The minimum Gasteiger partial charge on any atom is -0.354 e. The van der Waals surface area contributed by atoms with Crippen molar-refractivity contribution in [3.63, 3.8) is 0 Å². The van der Waals surface area contributed by atoms with E-state index in [-0.39, 0.29) is 36.2 Å². The van der Waals surface area contributed by atoms with Crippen molar-refractivity contribution in [1.29, 1.82) is 0 Å². The summed E-state index contributed by atoms with van der Waals surface area (Å²) < 4.78 is 0. The van der Waals surface area contributed by atoms with Crippen LogP contribution in [0.1, 0.15) is 123 Å². The van der Waals surface area contributed by atoms with Crippen LogP contribution in [0.4, 0.5) is 0 Å². The Bertz CT molecular complexity index is 2640. The number of likely N-dealkylation sites (tertiary alicyclic amines) is 2. The summed E-state index contributed by atoms with van der Waals surface area (Å²) in [6.45, 7) is 6.46. The second-order valence-corrected chi connectivity index (χ2v) is 23.2. The van der Waals surface area contributed by atoms with Crippen LogP contribution in [0.2, 0.25) is 0 Å². The molecule has 0 radical (unpaired) electrons. The number of fused-ring (bicyclic) bond motifs is 2. The zero-order chi connectivity index (χ0) is 59.0. The van der Waals surface area contributed by atoms with E-state index >= 15 is 0 Å². The van der Waals surface area contributed by atoms with E-state index in [1.165, 1.54) is 9.80 Å². The van der Waals surface area contributed by atoms with Crippen LogP contribution in [-0.2, 0) is 41.6 Å². The number of para-hydroxylation sites is 2. The molecule has 0 spiro atoms. The number of aryl methyl sites for hydroxylation is 2. The summed E-state index contributed by atoms with van der Waals surface area (Å²) in [5.41, 5.74) is 26.5. The van der Waals surface area contributed by atoms with Gasteiger partial charge in [-0.15, -0.1) is 0 Å². The lowest BCUT2D eigenvalue weighted by molar-refractivity contribution is -0.132. The van der Waals surface area contributed by atoms with E-state index in [2.05, 4.69) is 31.9 Å². The van der Waals surface area contributed by atoms with Crippen molar-refractivity contribution in [2.45, 2.75) is 140 Å².